The second kappa shape index (κ2) is 3.30. The zero-order valence-corrected chi connectivity index (χ0v) is 10.3. The molecule has 1 rings (SSSR count). The average Bonchev–Trinajstić information content (AvgIpc) is 1.82. The molecule has 48 valence electrons. The molecule has 0 unspecified atom stereocenters. The van der Waals surface area contributed by atoms with Gasteiger partial charge in [-0.2, -0.15) is 0 Å². The van der Waals surface area contributed by atoms with Crippen molar-refractivity contribution in [2.45, 2.75) is 0 Å². The first kappa shape index (κ1) is 8.65. The molecule has 0 amide bonds. The number of rotatable bonds is 0. The van der Waals surface area contributed by atoms with Gasteiger partial charge in [0.25, 0.3) is 0 Å². The standard InChI is InChI=1S/C4HAs3N2O/c5-1-2(6)8-4(7)9-3(1)10/h(H,8,9,10). The third kappa shape index (κ3) is 1.78. The van der Waals surface area contributed by atoms with E-state index in [9.17, 15) is 4.79 Å². The van der Waals surface area contributed by atoms with Gasteiger partial charge in [0.15, 0.2) is 0 Å². The van der Waals surface area contributed by atoms with E-state index in [0.29, 0.717) is 13.4 Å². The normalized spacial score (nSPS) is 9.90. The molecule has 0 saturated carbocycles. The molecular formula is C4HAs3N2O. The molecule has 6 heteroatoms. The molecule has 0 fully saturated rings. The van der Waals surface area contributed by atoms with E-state index in [1.807, 2.05) is 0 Å². The number of H-pyrrole nitrogens is 1. The van der Waals surface area contributed by atoms with E-state index in [0.717, 1.165) is 0 Å². The molecule has 0 aromatic carbocycles. The van der Waals surface area contributed by atoms with Crippen LogP contribution in [0.2, 0.25) is 0 Å². The van der Waals surface area contributed by atoms with E-state index in [-0.39, 0.29) is 5.56 Å². The minimum atomic E-state index is -0.0961. The van der Waals surface area contributed by atoms with Crippen molar-refractivity contribution in [1.29, 1.82) is 0 Å². The SMILES string of the molecule is O=c1[nH]c([As])nc([As])c1[As]. The van der Waals surface area contributed by atoms with Crippen LogP contribution in [0.5, 0.6) is 0 Å². The Bertz CT molecular complexity index is 308. The Morgan fingerprint density at radius 2 is 1.90 bits per heavy atom. The Balaban J connectivity index is 3.46. The van der Waals surface area contributed by atoms with Crippen molar-refractivity contribution in [3.63, 3.8) is 0 Å². The van der Waals surface area contributed by atoms with Gasteiger partial charge in [0.1, 0.15) is 0 Å². The molecule has 0 saturated heterocycles. The van der Waals surface area contributed by atoms with Gasteiger partial charge >= 0.3 is 84.3 Å². The Labute approximate surface area is 83.9 Å². The summed E-state index contributed by atoms with van der Waals surface area (Å²) in [5.41, 5.74) is -0.0961. The van der Waals surface area contributed by atoms with Gasteiger partial charge in [-0.05, 0) is 0 Å². The molecular weight excluding hydrogens is 317 g/mol. The van der Waals surface area contributed by atoms with Crippen LogP contribution in [-0.2, 0) is 0 Å². The van der Waals surface area contributed by atoms with Crippen LogP contribution >= 0.6 is 0 Å². The van der Waals surface area contributed by atoms with Crippen molar-refractivity contribution in [3.8, 4) is 0 Å². The maximum absolute atomic E-state index is 10.9. The second-order valence-corrected chi connectivity index (χ2v) is 4.28. The van der Waals surface area contributed by atoms with Crippen LogP contribution in [0.3, 0.4) is 0 Å². The zero-order chi connectivity index (χ0) is 7.72. The maximum atomic E-state index is 10.9. The molecule has 6 radical (unpaired) electrons. The van der Waals surface area contributed by atoms with Gasteiger partial charge in [-0.15, -0.1) is 0 Å². The molecule has 1 N–H and O–H groups in total. The van der Waals surface area contributed by atoms with E-state index < -0.39 is 0 Å². The van der Waals surface area contributed by atoms with Gasteiger partial charge < -0.3 is 0 Å². The van der Waals surface area contributed by atoms with E-state index in [1.165, 1.54) is 0 Å². The summed E-state index contributed by atoms with van der Waals surface area (Å²) in [6, 6.07) is 0. The summed E-state index contributed by atoms with van der Waals surface area (Å²) in [6.45, 7) is 0. The van der Waals surface area contributed by atoms with Crippen LogP contribution in [0.1, 0.15) is 0 Å². The van der Waals surface area contributed by atoms with Crippen molar-refractivity contribution in [2.75, 3.05) is 0 Å². The molecule has 0 atom stereocenters. The number of aromatic nitrogens is 2. The van der Waals surface area contributed by atoms with Crippen LogP contribution in [0.4, 0.5) is 0 Å². The molecule has 0 aliphatic heterocycles. The Morgan fingerprint density at radius 1 is 1.30 bits per heavy atom. The number of aromatic amines is 1. The Morgan fingerprint density at radius 3 is 2.40 bits per heavy atom. The molecule has 10 heavy (non-hydrogen) atoms. The summed E-state index contributed by atoms with van der Waals surface area (Å²) in [5, 5.41) is 0. The second-order valence-electron chi connectivity index (χ2n) is 1.56. The fraction of sp³-hybridized carbons (Fsp3) is 0. The van der Waals surface area contributed by atoms with Crippen molar-refractivity contribution >= 4 is 64.0 Å². The Kier molecular flexibility index (Phi) is 2.86. The van der Waals surface area contributed by atoms with Crippen LogP contribution in [0.25, 0.3) is 0 Å². The van der Waals surface area contributed by atoms with Crippen LogP contribution in [-0.4, -0.2) is 60.5 Å². The van der Waals surface area contributed by atoms with Gasteiger partial charge in [0.05, 0.1) is 0 Å². The molecule has 0 aliphatic carbocycles. The number of nitrogens with zero attached hydrogens (tertiary/aromatic N) is 1. The predicted octanol–water partition coefficient (Wildman–Crippen LogP) is -3.85. The number of hydrogen-bond acceptors (Lipinski definition) is 2. The van der Waals surface area contributed by atoms with Gasteiger partial charge in [-0.25, -0.2) is 0 Å². The van der Waals surface area contributed by atoms with E-state index in [4.69, 9.17) is 0 Å². The quantitative estimate of drug-likeness (QED) is 0.498. The molecule has 1 aromatic heterocycles. The molecule has 0 spiro atoms. The van der Waals surface area contributed by atoms with Crippen LogP contribution in [0.15, 0.2) is 4.79 Å². The summed E-state index contributed by atoms with van der Waals surface area (Å²) in [7, 11) is 0. The monoisotopic (exact) mass is 318 g/mol. The molecule has 3 nitrogen and oxygen atoms in total. The van der Waals surface area contributed by atoms with Crippen molar-refractivity contribution in [3.05, 3.63) is 10.4 Å². The van der Waals surface area contributed by atoms with E-state index >= 15 is 0 Å². The third-order valence-electron chi connectivity index (χ3n) is 0.864. The van der Waals surface area contributed by atoms with Gasteiger partial charge in [-0.3, -0.25) is 0 Å². The fourth-order valence-electron chi connectivity index (χ4n) is 0.444. The zero-order valence-electron chi connectivity index (χ0n) is 4.70. The van der Waals surface area contributed by atoms with Gasteiger partial charge in [-0.1, -0.05) is 0 Å². The minimum absolute atomic E-state index is 0.0961. The third-order valence-corrected chi connectivity index (χ3v) is 3.69. The first-order chi connectivity index (χ1) is 4.61. The fourth-order valence-corrected chi connectivity index (χ4v) is 1.88. The van der Waals surface area contributed by atoms with Crippen molar-refractivity contribution in [2.24, 2.45) is 0 Å². The van der Waals surface area contributed by atoms with E-state index in [2.05, 4.69) is 60.5 Å². The van der Waals surface area contributed by atoms with Crippen LogP contribution in [0, 0.1) is 0 Å². The average molecular weight is 318 g/mol. The number of nitrogens with one attached hydrogen (secondary N) is 1. The predicted molar refractivity (Wildman–Crippen MR) is 41.0 cm³/mol. The van der Waals surface area contributed by atoms with Crippen LogP contribution < -0.4 is 19.0 Å². The molecule has 0 bridgehead atoms. The van der Waals surface area contributed by atoms with E-state index in [1.54, 1.807) is 0 Å². The topological polar surface area (TPSA) is 45.8 Å². The van der Waals surface area contributed by atoms with Gasteiger partial charge in [0, 0.05) is 0 Å². The molecule has 0 aliphatic rings. The summed E-state index contributed by atoms with van der Waals surface area (Å²) >= 11 is 6.63. The first-order valence-electron chi connectivity index (χ1n) is 2.32. The summed E-state index contributed by atoms with van der Waals surface area (Å²) in [5.74, 6) is 0. The summed E-state index contributed by atoms with van der Waals surface area (Å²) in [6.07, 6.45) is 0. The Hall–Kier alpha value is 0.555. The van der Waals surface area contributed by atoms with Crippen molar-refractivity contribution < 1.29 is 0 Å². The van der Waals surface area contributed by atoms with Gasteiger partial charge in [0.2, 0.25) is 0 Å². The molecule has 1 aromatic rings. The molecule has 1 heterocycles. The summed E-state index contributed by atoms with van der Waals surface area (Å²) < 4.78 is 1.89. The summed E-state index contributed by atoms with van der Waals surface area (Å²) in [4.78, 5) is 17.5. The number of hydrogen-bond donors (Lipinski definition) is 1. The first-order valence-corrected chi connectivity index (χ1v) is 5.14. The van der Waals surface area contributed by atoms with Crippen molar-refractivity contribution in [1.82, 2.24) is 9.97 Å².